The molecule has 0 amide bonds. The van der Waals surface area contributed by atoms with Gasteiger partial charge in [-0.3, -0.25) is 9.78 Å². The molecule has 0 aromatic carbocycles. The Morgan fingerprint density at radius 1 is 1.00 bits per heavy atom. The number of allylic oxidation sites excluding steroid dienone is 4. The number of pyridine rings is 1. The first-order valence-electron chi connectivity index (χ1n) is 13.0. The highest BCUT2D eigenvalue weighted by atomic mass is 16.1. The molecule has 2 atom stereocenters. The highest BCUT2D eigenvalue weighted by molar-refractivity contribution is 6.19. The van der Waals surface area contributed by atoms with E-state index in [1.807, 2.05) is 111 Å². The fraction of sp³-hybridized carbons (Fsp3) is 0.194. The Hall–Kier alpha value is -4.85. The Labute approximate surface area is 225 Å². The monoisotopic (exact) mass is 513 g/mol. The maximum Gasteiger partial charge on any atom is 0.192 e. The molecule has 7 rings (SSSR count). The van der Waals surface area contributed by atoms with Crippen molar-refractivity contribution in [2.45, 2.75) is 32.5 Å². The molecule has 1 fully saturated rings. The largest absolute Gasteiger partial charge is 0.375 e. The van der Waals surface area contributed by atoms with Crippen LogP contribution in [0.15, 0.2) is 101 Å². The topological polar surface area (TPSA) is 100 Å². The molecule has 8 heteroatoms. The third-order valence-corrected chi connectivity index (χ3v) is 7.59. The number of nitrogens with zero attached hydrogens (tertiary/aromatic N) is 5. The van der Waals surface area contributed by atoms with Crippen LogP contribution in [0.3, 0.4) is 0 Å². The van der Waals surface area contributed by atoms with E-state index in [4.69, 9.17) is 15.1 Å². The summed E-state index contributed by atoms with van der Waals surface area (Å²) < 4.78 is 1.85. The first-order chi connectivity index (χ1) is 18.8. The Bertz CT molecular complexity index is 1860. The van der Waals surface area contributed by atoms with Crippen LogP contribution in [0.25, 0.3) is 23.3 Å². The van der Waals surface area contributed by atoms with Gasteiger partial charge in [-0.05, 0) is 99.2 Å². The van der Waals surface area contributed by atoms with Gasteiger partial charge in [-0.25, -0.2) is 14.7 Å². The van der Waals surface area contributed by atoms with Gasteiger partial charge >= 0.3 is 0 Å². The van der Waals surface area contributed by atoms with Gasteiger partial charge in [-0.15, -0.1) is 0 Å². The summed E-state index contributed by atoms with van der Waals surface area (Å²) in [7, 11) is 0. The van der Waals surface area contributed by atoms with E-state index in [2.05, 4.69) is 15.3 Å². The van der Waals surface area contributed by atoms with Crippen molar-refractivity contribution in [3.8, 4) is 11.1 Å². The van der Waals surface area contributed by atoms with Crippen molar-refractivity contribution in [1.82, 2.24) is 25.1 Å². The molecule has 192 valence electrons. The van der Waals surface area contributed by atoms with Gasteiger partial charge in [0.25, 0.3) is 0 Å². The second-order valence-electron chi connectivity index (χ2n) is 10.8. The highest BCUT2D eigenvalue weighted by Crippen LogP contribution is 2.39. The molecule has 7 heterocycles. The second-order valence-corrected chi connectivity index (χ2v) is 10.8. The molecule has 0 saturated carbocycles. The molecule has 4 aliphatic rings. The lowest BCUT2D eigenvalue weighted by atomic mass is 9.84. The quantitative estimate of drug-likeness (QED) is 0.550. The highest BCUT2D eigenvalue weighted by Gasteiger charge is 2.46. The van der Waals surface area contributed by atoms with Crippen molar-refractivity contribution in [3.05, 3.63) is 107 Å². The van der Waals surface area contributed by atoms with Crippen LogP contribution < -0.4 is 16.0 Å². The van der Waals surface area contributed by atoms with Crippen LogP contribution in [0.4, 0.5) is 0 Å². The summed E-state index contributed by atoms with van der Waals surface area (Å²) in [4.78, 5) is 31.2. The average Bonchev–Trinajstić information content (AvgIpc) is 3.72. The maximum absolute atomic E-state index is 13.6. The van der Waals surface area contributed by atoms with E-state index < -0.39 is 17.1 Å². The summed E-state index contributed by atoms with van der Waals surface area (Å²) >= 11 is 0. The van der Waals surface area contributed by atoms with Gasteiger partial charge in [-0.1, -0.05) is 0 Å². The second kappa shape index (κ2) is 8.33. The molecule has 4 aliphatic heterocycles. The third kappa shape index (κ3) is 3.96. The SMILES string of the molecule is Cc1cc(-c2cnn(C34C=CC(=N3)C=c3ccc([nH]3)=CC3=NC(=CC5NC(=C4)C(C)(C)C5=O)C=C3)c2)ccn1. The van der Waals surface area contributed by atoms with E-state index in [0.717, 1.165) is 50.3 Å². The van der Waals surface area contributed by atoms with E-state index >= 15 is 0 Å². The van der Waals surface area contributed by atoms with Gasteiger partial charge in [0.1, 0.15) is 6.04 Å². The van der Waals surface area contributed by atoms with Gasteiger partial charge in [0, 0.05) is 40.0 Å². The number of Topliss-reactive ketones (excluding diaryl/α,β-unsaturated/α-hetero) is 1. The molecular formula is C31H27N7O. The molecule has 8 bridgehead atoms. The number of aryl methyl sites for hydroxylation is 1. The summed E-state index contributed by atoms with van der Waals surface area (Å²) in [5.74, 6) is 0.0847. The zero-order chi connectivity index (χ0) is 26.8. The predicted molar refractivity (Wildman–Crippen MR) is 152 cm³/mol. The molecule has 2 N–H and O–H groups in total. The predicted octanol–water partition coefficient (Wildman–Crippen LogP) is 2.87. The summed E-state index contributed by atoms with van der Waals surface area (Å²) in [6, 6.07) is 7.55. The van der Waals surface area contributed by atoms with Crippen LogP contribution in [0.2, 0.25) is 0 Å². The standard InChI is InChI=1S/C31H27N7O/c1-19-12-20(9-11-32-19)21-17-33-38(18-21)31-10-8-26(37-31)14-24-5-4-22(34-24)13-23-6-7-25(35-23)15-27-29(39)30(2,3)28(16-31)36-27/h4-18,27,34,36H,1-3H3. The average molecular weight is 514 g/mol. The lowest BCUT2D eigenvalue weighted by Crippen LogP contribution is -2.30. The number of nitrogens with one attached hydrogen (secondary N) is 2. The number of H-pyrrole nitrogens is 1. The van der Waals surface area contributed by atoms with E-state index in [1.165, 1.54) is 0 Å². The van der Waals surface area contributed by atoms with E-state index in [9.17, 15) is 4.79 Å². The van der Waals surface area contributed by atoms with E-state index in [-0.39, 0.29) is 5.78 Å². The van der Waals surface area contributed by atoms with Crippen molar-refractivity contribution >= 4 is 29.4 Å². The van der Waals surface area contributed by atoms with Crippen LogP contribution in [0.5, 0.6) is 0 Å². The Kier molecular flexibility index (Phi) is 4.97. The number of carbonyl (C=O) groups is 1. The molecule has 8 nitrogen and oxygen atoms in total. The van der Waals surface area contributed by atoms with Gasteiger partial charge in [-0.2, -0.15) is 5.10 Å². The molecule has 39 heavy (non-hydrogen) atoms. The first kappa shape index (κ1) is 23.3. The lowest BCUT2D eigenvalue weighted by Gasteiger charge is -2.25. The molecule has 3 aromatic rings. The van der Waals surface area contributed by atoms with E-state index in [1.54, 1.807) is 6.20 Å². The Balaban J connectivity index is 1.42. The van der Waals surface area contributed by atoms with Gasteiger partial charge in [0.15, 0.2) is 11.4 Å². The third-order valence-electron chi connectivity index (χ3n) is 7.59. The first-order valence-corrected chi connectivity index (χ1v) is 13.0. The van der Waals surface area contributed by atoms with Crippen LogP contribution in [-0.4, -0.2) is 43.0 Å². The minimum atomic E-state index is -0.953. The van der Waals surface area contributed by atoms with Crippen molar-refractivity contribution in [3.63, 3.8) is 0 Å². The summed E-state index contributed by atoms with van der Waals surface area (Å²) in [6.07, 6.45) is 21.5. The maximum atomic E-state index is 13.6. The van der Waals surface area contributed by atoms with Gasteiger partial charge in [0.05, 0.1) is 28.7 Å². The number of aromatic nitrogens is 4. The number of rotatable bonds is 2. The molecule has 0 aliphatic carbocycles. The van der Waals surface area contributed by atoms with E-state index in [0.29, 0.717) is 0 Å². The summed E-state index contributed by atoms with van der Waals surface area (Å²) in [5, 5.41) is 10.1. The fourth-order valence-electron chi connectivity index (χ4n) is 5.38. The number of aromatic amines is 1. The van der Waals surface area contributed by atoms with Crippen LogP contribution in [-0.2, 0) is 10.5 Å². The molecule has 1 saturated heterocycles. The van der Waals surface area contributed by atoms with Gasteiger partial charge < -0.3 is 10.3 Å². The van der Waals surface area contributed by atoms with Crippen molar-refractivity contribution in [2.75, 3.05) is 0 Å². The molecule has 3 aromatic heterocycles. The molecular weight excluding hydrogens is 486 g/mol. The zero-order valence-electron chi connectivity index (χ0n) is 21.9. The smallest absolute Gasteiger partial charge is 0.192 e. The van der Waals surface area contributed by atoms with Crippen LogP contribution >= 0.6 is 0 Å². The van der Waals surface area contributed by atoms with Crippen molar-refractivity contribution < 1.29 is 4.79 Å². The summed E-state index contributed by atoms with van der Waals surface area (Å²) in [5.41, 5.74) is 4.42. The van der Waals surface area contributed by atoms with Crippen molar-refractivity contribution in [1.29, 1.82) is 0 Å². The van der Waals surface area contributed by atoms with Crippen LogP contribution in [0.1, 0.15) is 19.5 Å². The number of aliphatic imine (C=N–C) groups is 2. The summed E-state index contributed by atoms with van der Waals surface area (Å²) in [6.45, 7) is 5.87. The number of fused-ring (bicyclic) bond motifs is 6. The Morgan fingerprint density at radius 3 is 2.64 bits per heavy atom. The minimum absolute atomic E-state index is 0.0847. The number of ketones is 1. The number of carbonyl (C=O) groups excluding carboxylic acids is 1. The minimum Gasteiger partial charge on any atom is -0.375 e. The van der Waals surface area contributed by atoms with Gasteiger partial charge in [0.2, 0.25) is 0 Å². The zero-order valence-corrected chi connectivity index (χ0v) is 21.9. The normalized spacial score (nSPS) is 24.4. The van der Waals surface area contributed by atoms with Crippen LogP contribution in [0, 0.1) is 12.3 Å². The lowest BCUT2D eigenvalue weighted by molar-refractivity contribution is -0.123. The molecule has 0 radical (unpaired) electrons. The molecule has 0 spiro atoms. The fourth-order valence-corrected chi connectivity index (χ4v) is 5.38. The van der Waals surface area contributed by atoms with Crippen molar-refractivity contribution in [2.24, 2.45) is 15.4 Å². The number of hydrogen-bond acceptors (Lipinski definition) is 6. The molecule has 2 unspecified atom stereocenters. The number of hydrogen-bond donors (Lipinski definition) is 2. The Morgan fingerprint density at radius 2 is 1.82 bits per heavy atom.